The van der Waals surface area contributed by atoms with Crippen LogP contribution in [-0.2, 0) is 19.1 Å². The van der Waals surface area contributed by atoms with Gasteiger partial charge in [-0.3, -0.25) is 30.2 Å². The molecule has 0 radical (unpaired) electrons. The number of amidine groups is 1. The van der Waals surface area contributed by atoms with Crippen molar-refractivity contribution in [3.8, 4) is 0 Å². The van der Waals surface area contributed by atoms with E-state index in [1.165, 1.54) is 0 Å². The van der Waals surface area contributed by atoms with Gasteiger partial charge in [-0.1, -0.05) is 6.42 Å². The number of carbonyl (C=O) groups is 3. The number of cyclic esters (lactones) is 1. The Bertz CT molecular complexity index is 1060. The highest BCUT2D eigenvalue weighted by Gasteiger charge is 2.35. The first-order chi connectivity index (χ1) is 19.1. The summed E-state index contributed by atoms with van der Waals surface area (Å²) in [5, 5.41) is 12.4. The summed E-state index contributed by atoms with van der Waals surface area (Å²) in [7, 11) is 0. The topological polar surface area (TPSA) is 128 Å². The Morgan fingerprint density at radius 1 is 1.07 bits per heavy atom. The molecule has 0 spiro atoms. The van der Waals surface area contributed by atoms with Crippen LogP contribution in [0.3, 0.4) is 0 Å². The van der Waals surface area contributed by atoms with E-state index in [0.717, 1.165) is 45.4 Å². The highest BCUT2D eigenvalue weighted by Crippen LogP contribution is 2.23. The number of ether oxygens (including phenoxy) is 2. The van der Waals surface area contributed by atoms with Crippen LogP contribution in [0.4, 0.5) is 15.3 Å². The molecule has 3 atom stereocenters. The molecule has 40 heavy (non-hydrogen) atoms. The third kappa shape index (κ3) is 7.70. The lowest BCUT2D eigenvalue weighted by Crippen LogP contribution is -2.53. The van der Waals surface area contributed by atoms with Gasteiger partial charge >= 0.3 is 18.2 Å². The number of nitrogens with zero attached hydrogens (tertiary/aromatic N) is 4. The number of amides is 2. The van der Waals surface area contributed by atoms with Gasteiger partial charge in [-0.25, -0.2) is 9.59 Å². The number of esters is 1. The van der Waals surface area contributed by atoms with Crippen LogP contribution < -0.4 is 10.2 Å². The summed E-state index contributed by atoms with van der Waals surface area (Å²) in [6.45, 7) is 12.3. The fourth-order valence-electron chi connectivity index (χ4n) is 5.25. The zero-order valence-electron chi connectivity index (χ0n) is 23.9. The van der Waals surface area contributed by atoms with Crippen LogP contribution in [0.15, 0.2) is 24.3 Å². The molecule has 3 fully saturated rings. The molecular formula is C28H42N6O6. The van der Waals surface area contributed by atoms with Gasteiger partial charge in [-0.05, 0) is 64.8 Å². The summed E-state index contributed by atoms with van der Waals surface area (Å²) >= 11 is 0. The maximum Gasteiger partial charge on any atom is 0.431 e. The van der Waals surface area contributed by atoms with E-state index in [2.05, 4.69) is 15.1 Å². The highest BCUT2D eigenvalue weighted by atomic mass is 16.7. The standard InChI is InChI=1S/C28H42N6O6/c1-19(2)38-26(35)21(4)32-15-13-31(14-16-32)17-24-18-33(28(37)39-24)23-10-8-22(9-11-23)25(29)30-27(36)40-34-12-6-5-7-20(34)3/h8-11,19-21,24H,5-7,12-18H2,1-4H3,(H2,29,30,36). The number of benzene rings is 1. The van der Waals surface area contributed by atoms with E-state index in [1.807, 2.05) is 27.7 Å². The van der Waals surface area contributed by atoms with Crippen molar-refractivity contribution in [3.63, 3.8) is 0 Å². The molecule has 3 saturated heterocycles. The minimum absolute atomic E-state index is 0.0750. The molecular weight excluding hydrogens is 516 g/mol. The van der Waals surface area contributed by atoms with Crippen LogP contribution in [0.25, 0.3) is 0 Å². The Morgan fingerprint density at radius 2 is 1.77 bits per heavy atom. The van der Waals surface area contributed by atoms with Crippen molar-refractivity contribution in [2.75, 3.05) is 50.7 Å². The number of hydroxylamine groups is 2. The molecule has 3 aliphatic heterocycles. The number of hydrogen-bond acceptors (Lipinski definition) is 10. The van der Waals surface area contributed by atoms with E-state index >= 15 is 0 Å². The van der Waals surface area contributed by atoms with Crippen molar-refractivity contribution >= 4 is 29.7 Å². The largest absolute Gasteiger partial charge is 0.462 e. The minimum Gasteiger partial charge on any atom is -0.462 e. The van der Waals surface area contributed by atoms with Crippen molar-refractivity contribution in [3.05, 3.63) is 29.8 Å². The summed E-state index contributed by atoms with van der Waals surface area (Å²) in [6, 6.07) is 6.73. The number of nitrogens with one attached hydrogen (secondary N) is 2. The molecule has 12 heteroatoms. The van der Waals surface area contributed by atoms with Gasteiger partial charge in [0, 0.05) is 56.6 Å². The van der Waals surface area contributed by atoms with Gasteiger partial charge in [0.25, 0.3) is 0 Å². The second kappa shape index (κ2) is 13.4. The average molecular weight is 559 g/mol. The van der Waals surface area contributed by atoms with Crippen molar-refractivity contribution in [1.82, 2.24) is 20.2 Å². The SMILES string of the molecule is CC(C)OC(=O)C(C)N1CCN(CC2CN(c3ccc(C(=N)NC(=O)ON4CCCCC4C)cc3)C(=O)O2)CC1. The van der Waals surface area contributed by atoms with Gasteiger partial charge in [-0.2, -0.15) is 0 Å². The molecule has 0 aromatic heterocycles. The Morgan fingerprint density at radius 3 is 2.42 bits per heavy atom. The lowest BCUT2D eigenvalue weighted by Gasteiger charge is -2.37. The summed E-state index contributed by atoms with van der Waals surface area (Å²) in [4.78, 5) is 48.4. The van der Waals surface area contributed by atoms with Gasteiger partial charge in [0.15, 0.2) is 0 Å². The number of rotatable bonds is 8. The van der Waals surface area contributed by atoms with Crippen LogP contribution in [0, 0.1) is 5.41 Å². The highest BCUT2D eigenvalue weighted by molar-refractivity contribution is 6.04. The molecule has 4 rings (SSSR count). The lowest BCUT2D eigenvalue weighted by atomic mass is 10.1. The maximum absolute atomic E-state index is 12.6. The van der Waals surface area contributed by atoms with E-state index in [4.69, 9.17) is 19.7 Å². The summed E-state index contributed by atoms with van der Waals surface area (Å²) < 4.78 is 11.0. The molecule has 1 aromatic rings. The Kier molecular flexibility index (Phi) is 9.99. The third-order valence-corrected chi connectivity index (χ3v) is 7.62. The minimum atomic E-state index is -0.681. The van der Waals surface area contributed by atoms with Gasteiger partial charge in [0.05, 0.1) is 12.6 Å². The maximum atomic E-state index is 12.6. The van der Waals surface area contributed by atoms with E-state index in [1.54, 1.807) is 34.2 Å². The van der Waals surface area contributed by atoms with E-state index in [9.17, 15) is 14.4 Å². The zero-order chi connectivity index (χ0) is 28.8. The van der Waals surface area contributed by atoms with Gasteiger partial charge in [0.1, 0.15) is 18.0 Å². The van der Waals surface area contributed by atoms with Crippen LogP contribution in [0.1, 0.15) is 52.5 Å². The first kappa shape index (κ1) is 29.8. The molecule has 3 unspecified atom stereocenters. The third-order valence-electron chi connectivity index (χ3n) is 7.62. The van der Waals surface area contributed by atoms with Crippen molar-refractivity contribution in [2.45, 2.75) is 71.2 Å². The van der Waals surface area contributed by atoms with E-state index < -0.39 is 12.2 Å². The molecule has 3 heterocycles. The van der Waals surface area contributed by atoms with Crippen LogP contribution in [0.2, 0.25) is 0 Å². The van der Waals surface area contributed by atoms with Gasteiger partial charge < -0.3 is 14.3 Å². The summed E-state index contributed by atoms with van der Waals surface area (Å²) in [5.74, 6) is -0.276. The smallest absolute Gasteiger partial charge is 0.431 e. The second-order valence-corrected chi connectivity index (χ2v) is 11.0. The molecule has 220 valence electrons. The average Bonchev–Trinajstić information content (AvgIpc) is 3.29. The predicted octanol–water partition coefficient (Wildman–Crippen LogP) is 2.81. The number of piperazine rings is 1. The van der Waals surface area contributed by atoms with Crippen LogP contribution in [-0.4, -0.2) is 109 Å². The normalized spacial score (nSPS) is 23.5. The molecule has 2 N–H and O–H groups in total. The second-order valence-electron chi connectivity index (χ2n) is 11.0. The zero-order valence-corrected chi connectivity index (χ0v) is 23.9. The van der Waals surface area contributed by atoms with Gasteiger partial charge in [0.2, 0.25) is 0 Å². The number of carbonyl (C=O) groups excluding carboxylic acids is 3. The first-order valence-electron chi connectivity index (χ1n) is 14.2. The summed E-state index contributed by atoms with van der Waals surface area (Å²) in [5.41, 5.74) is 1.16. The summed E-state index contributed by atoms with van der Waals surface area (Å²) in [6.07, 6.45) is 1.57. The fourth-order valence-corrected chi connectivity index (χ4v) is 5.25. The van der Waals surface area contributed by atoms with Crippen molar-refractivity contribution in [2.24, 2.45) is 0 Å². The van der Waals surface area contributed by atoms with E-state index in [0.29, 0.717) is 30.9 Å². The van der Waals surface area contributed by atoms with Crippen molar-refractivity contribution in [1.29, 1.82) is 5.41 Å². The van der Waals surface area contributed by atoms with Gasteiger partial charge in [-0.15, -0.1) is 5.06 Å². The first-order valence-corrected chi connectivity index (χ1v) is 14.2. The van der Waals surface area contributed by atoms with Crippen molar-refractivity contribution < 1.29 is 28.7 Å². The number of hydrogen-bond donors (Lipinski definition) is 2. The Hall–Kier alpha value is -3.22. The molecule has 0 aliphatic carbocycles. The Balaban J connectivity index is 1.22. The van der Waals surface area contributed by atoms with E-state index in [-0.39, 0.29) is 36.1 Å². The monoisotopic (exact) mass is 558 g/mol. The molecule has 2 amide bonds. The van der Waals surface area contributed by atoms with Crippen LogP contribution >= 0.6 is 0 Å². The molecule has 0 saturated carbocycles. The Labute approximate surface area is 235 Å². The number of piperidine rings is 1. The van der Waals surface area contributed by atoms with Crippen LogP contribution in [0.5, 0.6) is 0 Å². The molecule has 12 nitrogen and oxygen atoms in total. The predicted molar refractivity (Wildman–Crippen MR) is 149 cm³/mol. The quantitative estimate of drug-likeness (QED) is 0.281. The molecule has 0 bridgehead atoms. The molecule has 3 aliphatic rings. The number of anilines is 1. The molecule has 1 aromatic carbocycles. The lowest BCUT2D eigenvalue weighted by molar-refractivity contribution is -0.154. The fraction of sp³-hybridized carbons (Fsp3) is 0.643.